The Bertz CT molecular complexity index is 765. The Labute approximate surface area is 153 Å². The highest BCUT2D eigenvalue weighted by Gasteiger charge is 2.05. The summed E-state index contributed by atoms with van der Waals surface area (Å²) in [6.07, 6.45) is 1.54. The van der Waals surface area contributed by atoms with Crippen molar-refractivity contribution in [3.63, 3.8) is 0 Å². The number of aryl methyl sites for hydroxylation is 1. The molecule has 0 aromatic heterocycles. The third kappa shape index (κ3) is 5.25. The van der Waals surface area contributed by atoms with Crippen LogP contribution in [0.3, 0.4) is 0 Å². The summed E-state index contributed by atoms with van der Waals surface area (Å²) in [6.45, 7) is 1.73. The Morgan fingerprint density at radius 2 is 2.04 bits per heavy atom. The van der Waals surface area contributed by atoms with Gasteiger partial charge in [-0.2, -0.15) is 5.10 Å². The molecular weight excluding hydrogens is 396 g/mol. The molecule has 7 heteroatoms. The van der Waals surface area contributed by atoms with Crippen molar-refractivity contribution in [3.05, 3.63) is 57.0 Å². The number of hydrogen-bond donors (Lipinski definition) is 1. The van der Waals surface area contributed by atoms with Crippen LogP contribution in [0.1, 0.15) is 11.1 Å². The Morgan fingerprint density at radius 3 is 2.71 bits per heavy atom. The normalized spacial score (nSPS) is 10.7. The van der Waals surface area contributed by atoms with E-state index in [0.717, 1.165) is 21.3 Å². The Balaban J connectivity index is 1.85. The van der Waals surface area contributed by atoms with Crippen molar-refractivity contribution in [2.45, 2.75) is 6.92 Å². The van der Waals surface area contributed by atoms with Crippen molar-refractivity contribution in [2.75, 3.05) is 13.7 Å². The molecule has 0 heterocycles. The van der Waals surface area contributed by atoms with E-state index in [-0.39, 0.29) is 12.5 Å². The number of nitrogens with one attached hydrogen (secondary N) is 1. The second kappa shape index (κ2) is 8.70. The topological polar surface area (TPSA) is 59.9 Å². The number of halogens is 2. The number of carbonyl (C=O) groups excluding carboxylic acids is 1. The van der Waals surface area contributed by atoms with Crippen LogP contribution in [0.4, 0.5) is 0 Å². The molecule has 126 valence electrons. The zero-order valence-corrected chi connectivity index (χ0v) is 15.5. The van der Waals surface area contributed by atoms with E-state index in [1.807, 2.05) is 19.1 Å². The van der Waals surface area contributed by atoms with Gasteiger partial charge in [0.2, 0.25) is 0 Å². The van der Waals surface area contributed by atoms with Crippen LogP contribution in [0, 0.1) is 6.92 Å². The molecule has 0 saturated carbocycles. The van der Waals surface area contributed by atoms with Crippen LogP contribution in [-0.4, -0.2) is 25.8 Å². The fraction of sp³-hybridized carbons (Fsp3) is 0.176. The van der Waals surface area contributed by atoms with Crippen molar-refractivity contribution in [3.8, 4) is 11.5 Å². The van der Waals surface area contributed by atoms with Crippen LogP contribution in [0.15, 0.2) is 46.0 Å². The molecule has 2 aromatic carbocycles. The fourth-order valence-electron chi connectivity index (χ4n) is 1.89. The second-order valence-corrected chi connectivity index (χ2v) is 6.18. The molecule has 0 aliphatic rings. The first-order valence-corrected chi connectivity index (χ1v) is 8.21. The van der Waals surface area contributed by atoms with Crippen molar-refractivity contribution >= 4 is 39.7 Å². The molecule has 0 spiro atoms. The van der Waals surface area contributed by atoms with Gasteiger partial charge in [-0.25, -0.2) is 5.43 Å². The van der Waals surface area contributed by atoms with Crippen LogP contribution in [-0.2, 0) is 4.79 Å². The predicted octanol–water partition coefficient (Wildman–Crippen LogP) is 3.95. The molecule has 0 atom stereocenters. The predicted molar refractivity (Wildman–Crippen MR) is 98.1 cm³/mol. The molecular formula is C17H16BrClN2O3. The number of benzene rings is 2. The van der Waals surface area contributed by atoms with E-state index in [1.54, 1.807) is 31.4 Å². The summed E-state index contributed by atoms with van der Waals surface area (Å²) in [4.78, 5) is 11.7. The van der Waals surface area contributed by atoms with E-state index in [4.69, 9.17) is 21.1 Å². The first-order valence-electron chi connectivity index (χ1n) is 7.04. The monoisotopic (exact) mass is 410 g/mol. The molecule has 1 N–H and O–H groups in total. The maximum absolute atomic E-state index is 11.7. The lowest BCUT2D eigenvalue weighted by Gasteiger charge is -2.08. The molecule has 0 bridgehead atoms. The first kappa shape index (κ1) is 18.3. The van der Waals surface area contributed by atoms with Gasteiger partial charge in [-0.15, -0.1) is 0 Å². The summed E-state index contributed by atoms with van der Waals surface area (Å²) in [5.41, 5.74) is 4.09. The lowest BCUT2D eigenvalue weighted by Crippen LogP contribution is -2.24. The van der Waals surface area contributed by atoms with E-state index in [2.05, 4.69) is 26.5 Å². The smallest absolute Gasteiger partial charge is 0.277 e. The number of ether oxygens (including phenoxy) is 2. The Hall–Kier alpha value is -2.05. The third-order valence-corrected chi connectivity index (χ3v) is 3.93. The van der Waals surface area contributed by atoms with Crippen molar-refractivity contribution in [2.24, 2.45) is 5.10 Å². The minimum atomic E-state index is -0.354. The molecule has 2 rings (SSSR count). The summed E-state index contributed by atoms with van der Waals surface area (Å²) in [6, 6.07) is 10.7. The summed E-state index contributed by atoms with van der Waals surface area (Å²) < 4.78 is 11.4. The highest BCUT2D eigenvalue weighted by atomic mass is 79.9. The Kier molecular flexibility index (Phi) is 6.63. The molecule has 0 radical (unpaired) electrons. The number of nitrogens with zero attached hydrogens (tertiary/aromatic N) is 1. The fourth-order valence-corrected chi connectivity index (χ4v) is 2.68. The summed E-state index contributed by atoms with van der Waals surface area (Å²) in [7, 11) is 1.59. The number of carbonyl (C=O) groups is 1. The van der Waals surface area contributed by atoms with Gasteiger partial charge in [0.25, 0.3) is 5.91 Å². The minimum Gasteiger partial charge on any atom is -0.496 e. The van der Waals surface area contributed by atoms with E-state index in [9.17, 15) is 4.79 Å². The van der Waals surface area contributed by atoms with Crippen LogP contribution in [0.25, 0.3) is 0 Å². The maximum atomic E-state index is 11.7. The van der Waals surface area contributed by atoms with Gasteiger partial charge in [-0.1, -0.05) is 11.6 Å². The molecule has 0 unspecified atom stereocenters. The average Bonchev–Trinajstić information content (AvgIpc) is 2.54. The maximum Gasteiger partial charge on any atom is 0.277 e. The summed E-state index contributed by atoms with van der Waals surface area (Å²) in [5.74, 6) is 0.980. The summed E-state index contributed by atoms with van der Waals surface area (Å²) in [5, 5.41) is 4.52. The van der Waals surface area contributed by atoms with E-state index in [1.165, 1.54) is 6.21 Å². The molecule has 24 heavy (non-hydrogen) atoms. The minimum absolute atomic E-state index is 0.133. The van der Waals surface area contributed by atoms with E-state index in [0.29, 0.717) is 10.8 Å². The number of amides is 1. The lowest BCUT2D eigenvalue weighted by atomic mass is 10.2. The number of methoxy groups -OCH3 is 1. The zero-order valence-electron chi connectivity index (χ0n) is 13.2. The quantitative estimate of drug-likeness (QED) is 0.578. The SMILES string of the molecule is COc1ccc(/C=N/NC(=O)COc2ccc(Cl)cc2C)cc1Br. The third-order valence-electron chi connectivity index (χ3n) is 3.07. The van der Waals surface area contributed by atoms with Crippen molar-refractivity contribution in [1.29, 1.82) is 0 Å². The molecule has 1 amide bonds. The van der Waals surface area contributed by atoms with Crippen LogP contribution in [0.5, 0.6) is 11.5 Å². The molecule has 0 saturated heterocycles. The molecule has 0 aliphatic carbocycles. The van der Waals surface area contributed by atoms with Gasteiger partial charge in [-0.05, 0) is 70.4 Å². The molecule has 0 fully saturated rings. The summed E-state index contributed by atoms with van der Waals surface area (Å²) >= 11 is 9.26. The number of rotatable bonds is 6. The average molecular weight is 412 g/mol. The highest BCUT2D eigenvalue weighted by Crippen LogP contribution is 2.24. The Morgan fingerprint density at radius 1 is 1.29 bits per heavy atom. The van der Waals surface area contributed by atoms with Gasteiger partial charge < -0.3 is 9.47 Å². The second-order valence-electron chi connectivity index (χ2n) is 4.89. The van der Waals surface area contributed by atoms with Crippen LogP contribution < -0.4 is 14.9 Å². The van der Waals surface area contributed by atoms with Gasteiger partial charge in [0, 0.05) is 5.02 Å². The van der Waals surface area contributed by atoms with Crippen LogP contribution in [0.2, 0.25) is 5.02 Å². The van der Waals surface area contributed by atoms with Crippen LogP contribution >= 0.6 is 27.5 Å². The van der Waals surface area contributed by atoms with Crippen molar-refractivity contribution < 1.29 is 14.3 Å². The largest absolute Gasteiger partial charge is 0.496 e. The van der Waals surface area contributed by atoms with Gasteiger partial charge in [0.1, 0.15) is 11.5 Å². The highest BCUT2D eigenvalue weighted by molar-refractivity contribution is 9.10. The van der Waals surface area contributed by atoms with Gasteiger partial charge >= 0.3 is 0 Å². The number of hydrogen-bond acceptors (Lipinski definition) is 4. The van der Waals surface area contributed by atoms with Gasteiger partial charge in [0.15, 0.2) is 6.61 Å². The lowest BCUT2D eigenvalue weighted by molar-refractivity contribution is -0.123. The molecule has 5 nitrogen and oxygen atoms in total. The molecule has 0 aliphatic heterocycles. The van der Waals surface area contributed by atoms with Gasteiger partial charge in [-0.3, -0.25) is 4.79 Å². The van der Waals surface area contributed by atoms with Crippen molar-refractivity contribution in [1.82, 2.24) is 5.43 Å². The standard InChI is InChI=1S/C17H16BrClN2O3/c1-11-7-13(19)4-6-15(11)24-10-17(22)21-20-9-12-3-5-16(23-2)14(18)8-12/h3-9H,10H2,1-2H3,(H,21,22)/b20-9+. The first-order chi connectivity index (χ1) is 11.5. The van der Waals surface area contributed by atoms with E-state index >= 15 is 0 Å². The van der Waals surface area contributed by atoms with E-state index < -0.39 is 0 Å². The molecule has 2 aromatic rings. The van der Waals surface area contributed by atoms with Gasteiger partial charge in [0.05, 0.1) is 17.8 Å². The zero-order chi connectivity index (χ0) is 17.5. The number of hydrazone groups is 1.